The van der Waals surface area contributed by atoms with Gasteiger partial charge in [-0.2, -0.15) is 0 Å². The molecule has 7 nitrogen and oxygen atoms in total. The number of nitrogens with one attached hydrogen (secondary N) is 3. The summed E-state index contributed by atoms with van der Waals surface area (Å²) in [6.45, 7) is 3.89. The molecular weight excluding hydrogens is 483 g/mol. The molecule has 1 aliphatic heterocycles. The summed E-state index contributed by atoms with van der Waals surface area (Å²) in [7, 11) is 1.92. The van der Waals surface area contributed by atoms with Crippen molar-refractivity contribution < 1.29 is 18.7 Å². The molecule has 0 aromatic heterocycles. The Hall–Kier alpha value is -1.90. The van der Waals surface area contributed by atoms with Crippen LogP contribution in [0.15, 0.2) is 18.2 Å². The Kier molecular flexibility index (Phi) is 11.7. The van der Waals surface area contributed by atoms with E-state index in [1.54, 1.807) is 12.1 Å². The summed E-state index contributed by atoms with van der Waals surface area (Å²) in [4.78, 5) is 26.4. The van der Waals surface area contributed by atoms with E-state index < -0.39 is 11.9 Å². The number of hydrogen-bond acceptors (Lipinski definition) is 4. The quantitative estimate of drug-likeness (QED) is 0.368. The van der Waals surface area contributed by atoms with Gasteiger partial charge >= 0.3 is 6.03 Å². The van der Waals surface area contributed by atoms with Crippen LogP contribution in [0.25, 0.3) is 0 Å². The van der Waals surface area contributed by atoms with Gasteiger partial charge in [0.05, 0.1) is 17.7 Å². The number of ether oxygens (including phenoxy) is 1. The molecule has 36 heavy (non-hydrogen) atoms. The summed E-state index contributed by atoms with van der Waals surface area (Å²) in [6.07, 6.45) is 8.40. The summed E-state index contributed by atoms with van der Waals surface area (Å²) in [6, 6.07) is 4.94. The van der Waals surface area contributed by atoms with Gasteiger partial charge in [0.1, 0.15) is 5.82 Å². The summed E-state index contributed by atoms with van der Waals surface area (Å²) in [5.74, 6) is -0.0598. The molecule has 0 spiro atoms. The number of urea groups is 1. The highest BCUT2D eigenvalue weighted by molar-refractivity contribution is 6.30. The molecule has 1 aromatic carbocycles. The Labute approximate surface area is 219 Å². The molecule has 1 heterocycles. The minimum atomic E-state index is -0.566. The van der Waals surface area contributed by atoms with Crippen molar-refractivity contribution >= 4 is 23.5 Å². The maximum absolute atomic E-state index is 15.0. The number of halogens is 2. The topological polar surface area (TPSA) is 82.7 Å². The lowest BCUT2D eigenvalue weighted by Crippen LogP contribution is -2.52. The first kappa shape index (κ1) is 28.7. The lowest BCUT2D eigenvalue weighted by atomic mass is 9.85. The Morgan fingerprint density at radius 1 is 1.19 bits per heavy atom. The molecular formula is C27H42ClFN4O3. The number of carbonyl (C=O) groups is 2. The van der Waals surface area contributed by atoms with Gasteiger partial charge in [0.2, 0.25) is 5.91 Å². The number of likely N-dealkylation sites (tertiary alicyclic amines) is 1. The van der Waals surface area contributed by atoms with Gasteiger partial charge in [0.25, 0.3) is 0 Å². The molecule has 3 amide bonds. The van der Waals surface area contributed by atoms with E-state index in [1.165, 1.54) is 45.1 Å². The zero-order valence-electron chi connectivity index (χ0n) is 21.7. The van der Waals surface area contributed by atoms with Gasteiger partial charge in [-0.15, -0.1) is 0 Å². The van der Waals surface area contributed by atoms with Crippen molar-refractivity contribution in [3.63, 3.8) is 0 Å². The standard InChI is InChI=1S/C27H42ClFN4O3/c1-19(34)31-13-15-36-26(23-11-6-12-24(28)25(23)29)21-10-7-14-33(18-21)27(35)32-22(17-30-2)16-20-8-4-3-5-9-20/h6,11-12,20-22,26,30H,3-5,7-10,13-18H2,1-2H3,(H,31,34)(H,32,35)/t21-,22+,26-/m1/s1. The maximum atomic E-state index is 15.0. The monoisotopic (exact) mass is 524 g/mol. The number of carbonyl (C=O) groups excluding carboxylic acids is 2. The van der Waals surface area contributed by atoms with Gasteiger partial charge < -0.3 is 25.6 Å². The van der Waals surface area contributed by atoms with Crippen LogP contribution in [0.3, 0.4) is 0 Å². The fourth-order valence-corrected chi connectivity index (χ4v) is 5.79. The summed E-state index contributed by atoms with van der Waals surface area (Å²) in [5, 5.41) is 9.24. The van der Waals surface area contributed by atoms with E-state index in [0.29, 0.717) is 31.1 Å². The molecule has 202 valence electrons. The van der Waals surface area contributed by atoms with Gasteiger partial charge in [-0.1, -0.05) is 55.8 Å². The third-order valence-corrected chi connectivity index (χ3v) is 7.65. The van der Waals surface area contributed by atoms with Gasteiger partial charge in [-0.25, -0.2) is 9.18 Å². The molecule has 2 aliphatic rings. The molecule has 3 rings (SSSR count). The molecule has 1 aliphatic carbocycles. The van der Waals surface area contributed by atoms with Crippen LogP contribution in [0, 0.1) is 17.7 Å². The number of likely N-dealkylation sites (N-methyl/N-ethyl adjacent to an activating group) is 1. The molecule has 3 atom stereocenters. The van der Waals surface area contributed by atoms with E-state index in [4.69, 9.17) is 16.3 Å². The fourth-order valence-electron chi connectivity index (χ4n) is 5.61. The molecule has 2 fully saturated rings. The number of amides is 3. The highest BCUT2D eigenvalue weighted by Crippen LogP contribution is 2.36. The third-order valence-electron chi connectivity index (χ3n) is 7.36. The molecule has 0 unspecified atom stereocenters. The lowest BCUT2D eigenvalue weighted by Gasteiger charge is -2.38. The molecule has 1 aromatic rings. The van der Waals surface area contributed by atoms with Crippen LogP contribution in [0.4, 0.5) is 9.18 Å². The van der Waals surface area contributed by atoms with Crippen LogP contribution in [0.1, 0.15) is 70.0 Å². The number of benzene rings is 1. The van der Waals surface area contributed by atoms with E-state index in [1.807, 2.05) is 11.9 Å². The van der Waals surface area contributed by atoms with E-state index in [-0.39, 0.29) is 35.5 Å². The average molecular weight is 525 g/mol. The predicted octanol–water partition coefficient (Wildman–Crippen LogP) is 4.65. The zero-order valence-corrected chi connectivity index (χ0v) is 22.4. The molecule has 3 N–H and O–H groups in total. The van der Waals surface area contributed by atoms with Gasteiger partial charge in [-0.3, -0.25) is 4.79 Å². The van der Waals surface area contributed by atoms with Gasteiger partial charge in [0, 0.05) is 50.6 Å². The van der Waals surface area contributed by atoms with Crippen LogP contribution in [-0.4, -0.2) is 62.7 Å². The van der Waals surface area contributed by atoms with Crippen LogP contribution < -0.4 is 16.0 Å². The first-order valence-corrected chi connectivity index (χ1v) is 13.8. The van der Waals surface area contributed by atoms with E-state index in [9.17, 15) is 14.0 Å². The van der Waals surface area contributed by atoms with Crippen LogP contribution in [0.5, 0.6) is 0 Å². The van der Waals surface area contributed by atoms with Gasteiger partial charge in [-0.05, 0) is 38.3 Å². The van der Waals surface area contributed by atoms with Crippen LogP contribution in [0.2, 0.25) is 5.02 Å². The van der Waals surface area contributed by atoms with Crippen molar-refractivity contribution in [3.05, 3.63) is 34.6 Å². The highest BCUT2D eigenvalue weighted by atomic mass is 35.5. The van der Waals surface area contributed by atoms with Crippen molar-refractivity contribution in [1.29, 1.82) is 0 Å². The number of nitrogens with zero attached hydrogens (tertiary/aromatic N) is 1. The van der Waals surface area contributed by atoms with Crippen molar-refractivity contribution in [3.8, 4) is 0 Å². The van der Waals surface area contributed by atoms with Crippen molar-refractivity contribution in [2.24, 2.45) is 11.8 Å². The second kappa shape index (κ2) is 14.7. The highest BCUT2D eigenvalue weighted by Gasteiger charge is 2.33. The van der Waals surface area contributed by atoms with Crippen molar-refractivity contribution in [1.82, 2.24) is 20.9 Å². The maximum Gasteiger partial charge on any atom is 0.317 e. The normalized spacial score (nSPS) is 20.6. The van der Waals surface area contributed by atoms with Gasteiger partial charge in [0.15, 0.2) is 0 Å². The Balaban J connectivity index is 1.66. The second-order valence-corrected chi connectivity index (χ2v) is 10.6. The predicted molar refractivity (Wildman–Crippen MR) is 141 cm³/mol. The summed E-state index contributed by atoms with van der Waals surface area (Å²) in [5.41, 5.74) is 0.392. The SMILES string of the molecule is CNC[C@H](CC1CCCCC1)NC(=O)N1CCC[C@@H]([C@@H](OCCNC(C)=O)c2cccc(Cl)c2F)C1. The van der Waals surface area contributed by atoms with E-state index >= 15 is 0 Å². The van der Waals surface area contributed by atoms with Crippen LogP contribution in [-0.2, 0) is 9.53 Å². The van der Waals surface area contributed by atoms with E-state index in [0.717, 1.165) is 25.8 Å². The first-order valence-electron chi connectivity index (χ1n) is 13.4. The number of rotatable bonds is 11. The Morgan fingerprint density at radius 3 is 2.69 bits per heavy atom. The Bertz CT molecular complexity index is 852. The molecule has 0 radical (unpaired) electrons. The largest absolute Gasteiger partial charge is 0.371 e. The zero-order chi connectivity index (χ0) is 25.9. The molecule has 9 heteroatoms. The molecule has 1 saturated heterocycles. The minimum absolute atomic E-state index is 0.0472. The summed E-state index contributed by atoms with van der Waals surface area (Å²) < 4.78 is 21.1. The average Bonchev–Trinajstić information content (AvgIpc) is 2.87. The van der Waals surface area contributed by atoms with E-state index in [2.05, 4.69) is 16.0 Å². The molecule has 0 bridgehead atoms. The van der Waals surface area contributed by atoms with Crippen molar-refractivity contribution in [2.75, 3.05) is 39.8 Å². The first-order chi connectivity index (χ1) is 17.4. The third kappa shape index (κ3) is 8.60. The fraction of sp³-hybridized carbons (Fsp3) is 0.704. The number of piperidine rings is 1. The smallest absolute Gasteiger partial charge is 0.317 e. The Morgan fingerprint density at radius 2 is 1.97 bits per heavy atom. The number of hydrogen-bond donors (Lipinski definition) is 3. The molecule has 1 saturated carbocycles. The summed E-state index contributed by atoms with van der Waals surface area (Å²) >= 11 is 6.08. The minimum Gasteiger partial charge on any atom is -0.371 e. The van der Waals surface area contributed by atoms with Crippen LogP contribution >= 0.6 is 11.6 Å². The lowest BCUT2D eigenvalue weighted by molar-refractivity contribution is -0.119. The second-order valence-electron chi connectivity index (χ2n) is 10.2. The van der Waals surface area contributed by atoms with Crippen molar-refractivity contribution in [2.45, 2.75) is 70.4 Å².